The SMILES string of the molecule is Cc1nc(-c2ccc(N)cn2)oc1C. The molecule has 2 N–H and O–H groups in total. The van der Waals surface area contributed by atoms with Crippen LogP contribution < -0.4 is 5.73 Å². The first-order valence-electron chi connectivity index (χ1n) is 4.33. The molecule has 0 amide bonds. The third-order valence-electron chi connectivity index (χ3n) is 2.03. The number of pyridine rings is 1. The third kappa shape index (κ3) is 1.46. The molecule has 0 aliphatic carbocycles. The Morgan fingerprint density at radius 1 is 1.29 bits per heavy atom. The van der Waals surface area contributed by atoms with Crippen LogP contribution in [-0.2, 0) is 0 Å². The van der Waals surface area contributed by atoms with Gasteiger partial charge in [-0.25, -0.2) is 9.97 Å². The average molecular weight is 189 g/mol. The maximum Gasteiger partial charge on any atom is 0.245 e. The molecule has 14 heavy (non-hydrogen) atoms. The van der Waals surface area contributed by atoms with E-state index in [1.165, 1.54) is 0 Å². The average Bonchev–Trinajstić information content (AvgIpc) is 2.48. The van der Waals surface area contributed by atoms with Crippen molar-refractivity contribution in [1.82, 2.24) is 9.97 Å². The Kier molecular flexibility index (Phi) is 1.96. The van der Waals surface area contributed by atoms with Gasteiger partial charge in [-0.1, -0.05) is 0 Å². The summed E-state index contributed by atoms with van der Waals surface area (Å²) in [5.41, 5.74) is 7.75. The Bertz CT molecular complexity index is 425. The van der Waals surface area contributed by atoms with Crippen molar-refractivity contribution in [2.75, 3.05) is 5.73 Å². The van der Waals surface area contributed by atoms with Gasteiger partial charge in [0.2, 0.25) is 5.89 Å². The molecule has 0 spiro atoms. The van der Waals surface area contributed by atoms with Crippen molar-refractivity contribution in [2.45, 2.75) is 13.8 Å². The summed E-state index contributed by atoms with van der Waals surface area (Å²) in [5.74, 6) is 1.36. The topological polar surface area (TPSA) is 64.9 Å². The summed E-state index contributed by atoms with van der Waals surface area (Å²) < 4.78 is 5.43. The molecule has 0 bridgehead atoms. The molecule has 0 saturated carbocycles. The molecule has 4 nitrogen and oxygen atoms in total. The largest absolute Gasteiger partial charge is 0.440 e. The van der Waals surface area contributed by atoms with Crippen molar-refractivity contribution >= 4 is 5.69 Å². The van der Waals surface area contributed by atoms with Gasteiger partial charge in [-0.05, 0) is 26.0 Å². The quantitative estimate of drug-likeness (QED) is 0.744. The highest BCUT2D eigenvalue weighted by Gasteiger charge is 2.08. The molecule has 0 atom stereocenters. The second kappa shape index (κ2) is 3.14. The van der Waals surface area contributed by atoms with E-state index in [9.17, 15) is 0 Å². The van der Waals surface area contributed by atoms with Crippen LogP contribution in [0, 0.1) is 13.8 Å². The lowest BCUT2D eigenvalue weighted by Gasteiger charge is -1.94. The fraction of sp³-hybridized carbons (Fsp3) is 0.200. The smallest absolute Gasteiger partial charge is 0.245 e. The highest BCUT2D eigenvalue weighted by molar-refractivity contribution is 5.51. The number of nitrogens with two attached hydrogens (primary N) is 1. The van der Waals surface area contributed by atoms with E-state index in [4.69, 9.17) is 10.2 Å². The summed E-state index contributed by atoms with van der Waals surface area (Å²) >= 11 is 0. The van der Waals surface area contributed by atoms with Crippen LogP contribution in [0.2, 0.25) is 0 Å². The van der Waals surface area contributed by atoms with Gasteiger partial charge in [-0.15, -0.1) is 0 Å². The van der Waals surface area contributed by atoms with Crippen molar-refractivity contribution in [1.29, 1.82) is 0 Å². The number of hydrogen-bond acceptors (Lipinski definition) is 4. The Balaban J connectivity index is 2.44. The zero-order chi connectivity index (χ0) is 10.1. The Morgan fingerprint density at radius 3 is 2.57 bits per heavy atom. The van der Waals surface area contributed by atoms with Gasteiger partial charge in [-0.2, -0.15) is 0 Å². The van der Waals surface area contributed by atoms with Crippen LogP contribution in [-0.4, -0.2) is 9.97 Å². The van der Waals surface area contributed by atoms with Gasteiger partial charge in [-0.3, -0.25) is 0 Å². The molecule has 0 aliphatic heterocycles. The number of nitrogens with zero attached hydrogens (tertiary/aromatic N) is 2. The van der Waals surface area contributed by atoms with E-state index >= 15 is 0 Å². The molecule has 0 radical (unpaired) electrons. The second-order valence-corrected chi connectivity index (χ2v) is 3.14. The third-order valence-corrected chi connectivity index (χ3v) is 2.03. The van der Waals surface area contributed by atoms with E-state index in [1.807, 2.05) is 13.8 Å². The lowest BCUT2D eigenvalue weighted by Crippen LogP contribution is -1.88. The molecule has 4 heteroatoms. The summed E-state index contributed by atoms with van der Waals surface area (Å²) in [6.45, 7) is 3.78. The van der Waals surface area contributed by atoms with Crippen molar-refractivity contribution in [3.05, 3.63) is 29.8 Å². The maximum atomic E-state index is 5.53. The van der Waals surface area contributed by atoms with Crippen LogP contribution in [0.3, 0.4) is 0 Å². The van der Waals surface area contributed by atoms with E-state index < -0.39 is 0 Å². The second-order valence-electron chi connectivity index (χ2n) is 3.14. The van der Waals surface area contributed by atoms with Gasteiger partial charge in [0, 0.05) is 0 Å². The van der Waals surface area contributed by atoms with E-state index in [1.54, 1.807) is 18.3 Å². The van der Waals surface area contributed by atoms with Crippen molar-refractivity contribution in [2.24, 2.45) is 0 Å². The van der Waals surface area contributed by atoms with Crippen LogP contribution >= 0.6 is 0 Å². The Labute approximate surface area is 81.8 Å². The molecule has 0 fully saturated rings. The van der Waals surface area contributed by atoms with Gasteiger partial charge in [0.1, 0.15) is 11.5 Å². The van der Waals surface area contributed by atoms with Gasteiger partial charge < -0.3 is 10.2 Å². The first-order valence-corrected chi connectivity index (χ1v) is 4.33. The highest BCUT2D eigenvalue weighted by atomic mass is 16.4. The lowest BCUT2D eigenvalue weighted by atomic mass is 10.3. The zero-order valence-electron chi connectivity index (χ0n) is 8.11. The number of rotatable bonds is 1. The normalized spacial score (nSPS) is 10.4. The summed E-state index contributed by atoms with van der Waals surface area (Å²) in [4.78, 5) is 8.36. The molecule has 72 valence electrons. The standard InChI is InChI=1S/C10H11N3O/c1-6-7(2)14-10(13-6)9-4-3-8(11)5-12-9/h3-5H,11H2,1-2H3. The maximum absolute atomic E-state index is 5.53. The molecule has 2 aromatic rings. The number of aromatic nitrogens is 2. The van der Waals surface area contributed by atoms with Gasteiger partial charge in [0.25, 0.3) is 0 Å². The zero-order valence-corrected chi connectivity index (χ0v) is 8.11. The molecule has 0 unspecified atom stereocenters. The van der Waals surface area contributed by atoms with Crippen LogP contribution in [0.25, 0.3) is 11.6 Å². The minimum absolute atomic E-state index is 0.542. The number of oxazole rings is 1. The summed E-state index contributed by atoms with van der Waals surface area (Å²) in [6.07, 6.45) is 1.59. The fourth-order valence-corrected chi connectivity index (χ4v) is 1.11. The predicted molar refractivity (Wildman–Crippen MR) is 53.6 cm³/mol. The summed E-state index contributed by atoms with van der Waals surface area (Å²) in [5, 5.41) is 0. The number of anilines is 1. The van der Waals surface area contributed by atoms with Crippen LogP contribution in [0.1, 0.15) is 11.5 Å². The molecule has 2 rings (SSSR count). The van der Waals surface area contributed by atoms with Gasteiger partial charge in [0.05, 0.1) is 17.6 Å². The number of hydrogen-bond donors (Lipinski definition) is 1. The predicted octanol–water partition coefficient (Wildman–Crippen LogP) is 1.94. The molecular weight excluding hydrogens is 178 g/mol. The molecular formula is C10H11N3O. The van der Waals surface area contributed by atoms with Crippen LogP contribution in [0.15, 0.2) is 22.7 Å². The van der Waals surface area contributed by atoms with Crippen LogP contribution in [0.5, 0.6) is 0 Å². The fourth-order valence-electron chi connectivity index (χ4n) is 1.11. The molecule has 2 aromatic heterocycles. The molecule has 0 aliphatic rings. The van der Waals surface area contributed by atoms with Crippen LogP contribution in [0.4, 0.5) is 5.69 Å². The monoisotopic (exact) mass is 189 g/mol. The Hall–Kier alpha value is -1.84. The van der Waals surface area contributed by atoms with Gasteiger partial charge >= 0.3 is 0 Å². The minimum Gasteiger partial charge on any atom is -0.440 e. The summed E-state index contributed by atoms with van der Waals surface area (Å²) in [6, 6.07) is 3.57. The Morgan fingerprint density at radius 2 is 2.07 bits per heavy atom. The lowest BCUT2D eigenvalue weighted by molar-refractivity contribution is 0.539. The highest BCUT2D eigenvalue weighted by Crippen LogP contribution is 2.19. The molecule has 2 heterocycles. The number of nitrogen functional groups attached to an aromatic ring is 1. The minimum atomic E-state index is 0.542. The van der Waals surface area contributed by atoms with E-state index in [-0.39, 0.29) is 0 Å². The number of aryl methyl sites for hydroxylation is 2. The van der Waals surface area contributed by atoms with E-state index in [0.717, 1.165) is 11.5 Å². The van der Waals surface area contributed by atoms with E-state index in [0.29, 0.717) is 17.3 Å². The first-order chi connectivity index (χ1) is 6.66. The van der Waals surface area contributed by atoms with Gasteiger partial charge in [0.15, 0.2) is 0 Å². The molecule has 0 saturated heterocycles. The van der Waals surface area contributed by atoms with E-state index in [2.05, 4.69) is 9.97 Å². The van der Waals surface area contributed by atoms with Crippen molar-refractivity contribution in [3.8, 4) is 11.6 Å². The summed E-state index contributed by atoms with van der Waals surface area (Å²) in [7, 11) is 0. The van der Waals surface area contributed by atoms with Crippen molar-refractivity contribution < 1.29 is 4.42 Å². The molecule has 0 aromatic carbocycles. The first kappa shape index (κ1) is 8.74. The van der Waals surface area contributed by atoms with Crippen molar-refractivity contribution in [3.63, 3.8) is 0 Å².